The van der Waals surface area contributed by atoms with Gasteiger partial charge in [-0.25, -0.2) is 4.79 Å². The monoisotopic (exact) mass is 362 g/mol. The maximum Gasteiger partial charge on any atom is 0.326 e. The summed E-state index contributed by atoms with van der Waals surface area (Å²) in [4.78, 5) is 36.9. The van der Waals surface area contributed by atoms with Gasteiger partial charge >= 0.3 is 11.9 Å². The van der Waals surface area contributed by atoms with E-state index in [2.05, 4.69) is 5.32 Å². The number of nitrogens with zero attached hydrogens (tertiary/aromatic N) is 1. The molecule has 2 unspecified atom stereocenters. The summed E-state index contributed by atoms with van der Waals surface area (Å²) in [5, 5.41) is 21.7. The molecule has 1 aliphatic rings. The van der Waals surface area contributed by atoms with Gasteiger partial charge in [0.1, 0.15) is 12.1 Å². The molecule has 2 rings (SSSR count). The van der Waals surface area contributed by atoms with Crippen LogP contribution in [0.4, 0.5) is 0 Å². The molecule has 1 amide bonds. The lowest BCUT2D eigenvalue weighted by atomic mass is 10.0. The van der Waals surface area contributed by atoms with Gasteiger partial charge in [-0.1, -0.05) is 30.3 Å². The van der Waals surface area contributed by atoms with Gasteiger partial charge in [0.15, 0.2) is 0 Å². The Morgan fingerprint density at radius 3 is 2.50 bits per heavy atom. The zero-order chi connectivity index (χ0) is 19.1. The highest BCUT2D eigenvalue weighted by atomic mass is 16.4. The highest BCUT2D eigenvalue weighted by Crippen LogP contribution is 2.17. The molecule has 3 N–H and O–H groups in total. The molecule has 142 valence electrons. The molecule has 1 aromatic carbocycles. The molecule has 0 aliphatic carbocycles. The van der Waals surface area contributed by atoms with Crippen molar-refractivity contribution in [3.8, 4) is 0 Å². The molecule has 1 aromatic rings. The average molecular weight is 362 g/mol. The second kappa shape index (κ2) is 9.33. The third-order valence-corrected chi connectivity index (χ3v) is 4.81. The van der Waals surface area contributed by atoms with Crippen molar-refractivity contribution >= 4 is 17.8 Å². The van der Waals surface area contributed by atoms with E-state index in [4.69, 9.17) is 0 Å². The van der Waals surface area contributed by atoms with Gasteiger partial charge in [0.05, 0.1) is 6.04 Å². The largest absolute Gasteiger partial charge is 0.480 e. The molecular formula is C19H26N2O5. The first-order chi connectivity index (χ1) is 12.4. The van der Waals surface area contributed by atoms with Gasteiger partial charge in [-0.05, 0) is 44.6 Å². The molecule has 0 saturated carbocycles. The second-order valence-electron chi connectivity index (χ2n) is 6.68. The molecule has 1 saturated heterocycles. The van der Waals surface area contributed by atoms with Crippen molar-refractivity contribution < 1.29 is 24.6 Å². The summed E-state index contributed by atoms with van der Waals surface area (Å²) < 4.78 is 0. The molecule has 1 fully saturated rings. The molecule has 7 heteroatoms. The third kappa shape index (κ3) is 5.29. The Hall–Kier alpha value is -2.41. The van der Waals surface area contributed by atoms with Crippen LogP contribution >= 0.6 is 0 Å². The maximum absolute atomic E-state index is 12.7. The van der Waals surface area contributed by atoms with E-state index in [1.807, 2.05) is 30.3 Å². The van der Waals surface area contributed by atoms with Crippen LogP contribution in [0.3, 0.4) is 0 Å². The van der Waals surface area contributed by atoms with Crippen LogP contribution in [0.1, 0.15) is 38.2 Å². The smallest absolute Gasteiger partial charge is 0.326 e. The van der Waals surface area contributed by atoms with Crippen LogP contribution in [0.25, 0.3) is 0 Å². The molecule has 7 nitrogen and oxygen atoms in total. The third-order valence-electron chi connectivity index (χ3n) is 4.81. The summed E-state index contributed by atoms with van der Waals surface area (Å²) >= 11 is 0. The fourth-order valence-corrected chi connectivity index (χ4v) is 3.21. The fraction of sp³-hybridized carbons (Fsp3) is 0.526. The van der Waals surface area contributed by atoms with Crippen LogP contribution in [-0.4, -0.2) is 57.6 Å². The molecule has 0 radical (unpaired) electrons. The minimum absolute atomic E-state index is 0.330. The van der Waals surface area contributed by atoms with Gasteiger partial charge in [-0.3, -0.25) is 14.9 Å². The van der Waals surface area contributed by atoms with E-state index >= 15 is 0 Å². The number of carbonyl (C=O) groups is 3. The highest BCUT2D eigenvalue weighted by molar-refractivity contribution is 5.87. The predicted molar refractivity (Wildman–Crippen MR) is 95.8 cm³/mol. The molecule has 3 atom stereocenters. The van der Waals surface area contributed by atoms with Crippen molar-refractivity contribution in [3.63, 3.8) is 0 Å². The lowest BCUT2D eigenvalue weighted by Gasteiger charge is -2.29. The Kier molecular flexibility index (Phi) is 7.15. The molecule has 0 aromatic heterocycles. The zero-order valence-corrected chi connectivity index (χ0v) is 14.9. The first-order valence-electron chi connectivity index (χ1n) is 8.96. The lowest BCUT2D eigenvalue weighted by molar-refractivity contribution is -0.150. The predicted octanol–water partition coefficient (Wildman–Crippen LogP) is 1.52. The van der Waals surface area contributed by atoms with Crippen LogP contribution in [-0.2, 0) is 20.8 Å². The van der Waals surface area contributed by atoms with Crippen molar-refractivity contribution in [2.75, 3.05) is 6.54 Å². The number of hydrogen-bond donors (Lipinski definition) is 3. The molecule has 1 aliphatic heterocycles. The van der Waals surface area contributed by atoms with E-state index in [1.165, 1.54) is 11.8 Å². The van der Waals surface area contributed by atoms with Gasteiger partial charge in [-0.15, -0.1) is 0 Å². The van der Waals surface area contributed by atoms with Gasteiger partial charge in [0.2, 0.25) is 5.91 Å². The lowest BCUT2D eigenvalue weighted by Crippen LogP contribution is -2.54. The van der Waals surface area contributed by atoms with Gasteiger partial charge in [-0.2, -0.15) is 0 Å². The number of likely N-dealkylation sites (tertiary alicyclic amines) is 1. The van der Waals surface area contributed by atoms with E-state index < -0.39 is 30.1 Å². The average Bonchev–Trinajstić information content (AvgIpc) is 2.80. The summed E-state index contributed by atoms with van der Waals surface area (Å²) in [6.45, 7) is 1.86. The Morgan fingerprint density at radius 1 is 1.19 bits per heavy atom. The first-order valence-corrected chi connectivity index (χ1v) is 8.96. The number of amides is 1. The van der Waals surface area contributed by atoms with E-state index in [1.54, 1.807) is 0 Å². The molecule has 26 heavy (non-hydrogen) atoms. The van der Waals surface area contributed by atoms with Crippen molar-refractivity contribution in [2.24, 2.45) is 0 Å². The minimum Gasteiger partial charge on any atom is -0.480 e. The van der Waals surface area contributed by atoms with Gasteiger partial charge in [0, 0.05) is 6.54 Å². The summed E-state index contributed by atoms with van der Waals surface area (Å²) in [5.74, 6) is -2.39. The number of benzene rings is 1. The van der Waals surface area contributed by atoms with Crippen LogP contribution in [0, 0.1) is 0 Å². The molecule has 0 bridgehead atoms. The summed E-state index contributed by atoms with van der Waals surface area (Å²) in [6.07, 6.45) is 2.91. The second-order valence-corrected chi connectivity index (χ2v) is 6.68. The maximum atomic E-state index is 12.7. The standard InChI is InChI=1S/C19H26N2O5/c1-13(18(23)24)21-12-6-5-9-15(17(21)22)20-16(19(25)26)11-10-14-7-3-2-4-8-14/h2-4,7-8,13,15-16,20H,5-6,9-12H2,1H3,(H,23,24)(H,25,26)/t13?,15-,16?/m0/s1. The molecular weight excluding hydrogens is 336 g/mol. The molecule has 0 spiro atoms. The number of carboxylic acids is 2. The number of nitrogens with one attached hydrogen (secondary N) is 1. The molecule has 1 heterocycles. The fourth-order valence-electron chi connectivity index (χ4n) is 3.21. The van der Waals surface area contributed by atoms with Gasteiger partial charge < -0.3 is 15.1 Å². The van der Waals surface area contributed by atoms with Crippen molar-refractivity contribution in [2.45, 2.75) is 57.2 Å². The van der Waals surface area contributed by atoms with Crippen LogP contribution < -0.4 is 5.32 Å². The number of aliphatic carboxylic acids is 2. The quantitative estimate of drug-likeness (QED) is 0.647. The summed E-state index contributed by atoms with van der Waals surface area (Å²) in [6, 6.07) is 7.13. The first kappa shape index (κ1) is 19.9. The Bertz CT molecular complexity index is 634. The van der Waals surface area contributed by atoms with Gasteiger partial charge in [0.25, 0.3) is 0 Å². The minimum atomic E-state index is -1.06. The number of hydrogen-bond acceptors (Lipinski definition) is 4. The number of carbonyl (C=O) groups excluding carboxylic acids is 1. The van der Waals surface area contributed by atoms with E-state index in [-0.39, 0.29) is 5.91 Å². The van der Waals surface area contributed by atoms with Crippen LogP contribution in [0.2, 0.25) is 0 Å². The number of carboxylic acid groups (broad SMARTS) is 2. The number of aryl methyl sites for hydroxylation is 1. The Labute approximate surface area is 153 Å². The Balaban J connectivity index is 2.04. The normalized spacial score (nSPS) is 20.3. The number of rotatable bonds is 8. The summed E-state index contributed by atoms with van der Waals surface area (Å²) in [5.41, 5.74) is 1.04. The van der Waals surface area contributed by atoms with Crippen LogP contribution in [0.5, 0.6) is 0 Å². The van der Waals surface area contributed by atoms with Crippen molar-refractivity contribution in [1.29, 1.82) is 0 Å². The van der Waals surface area contributed by atoms with Crippen LogP contribution in [0.15, 0.2) is 30.3 Å². The van der Waals surface area contributed by atoms with E-state index in [0.29, 0.717) is 32.2 Å². The zero-order valence-electron chi connectivity index (χ0n) is 14.9. The summed E-state index contributed by atoms with van der Waals surface area (Å²) in [7, 11) is 0. The van der Waals surface area contributed by atoms with Crippen molar-refractivity contribution in [3.05, 3.63) is 35.9 Å². The SMILES string of the molecule is CC(C(=O)O)N1CCCC[C@H](NC(CCc2ccccc2)C(=O)O)C1=O. The Morgan fingerprint density at radius 2 is 1.88 bits per heavy atom. The van der Waals surface area contributed by atoms with E-state index in [9.17, 15) is 24.6 Å². The van der Waals surface area contributed by atoms with E-state index in [0.717, 1.165) is 12.0 Å². The topological polar surface area (TPSA) is 107 Å². The highest BCUT2D eigenvalue weighted by Gasteiger charge is 2.34. The van der Waals surface area contributed by atoms with Crippen molar-refractivity contribution in [1.82, 2.24) is 10.2 Å².